The van der Waals surface area contributed by atoms with Gasteiger partial charge in [0.2, 0.25) is 0 Å². The summed E-state index contributed by atoms with van der Waals surface area (Å²) < 4.78 is 5.57. The predicted octanol–water partition coefficient (Wildman–Crippen LogP) is 4.12. The SMILES string of the molecule is CNC(Cc1c(C)cccc1C)c1ccc(C)cc1OC. The average molecular weight is 283 g/mol. The van der Waals surface area contributed by atoms with Crippen molar-refractivity contribution in [1.82, 2.24) is 5.32 Å². The third-order valence-corrected chi connectivity index (χ3v) is 4.17. The summed E-state index contributed by atoms with van der Waals surface area (Å²) in [4.78, 5) is 0. The van der Waals surface area contributed by atoms with Gasteiger partial charge in [0.25, 0.3) is 0 Å². The Morgan fingerprint density at radius 2 is 1.71 bits per heavy atom. The first-order valence-corrected chi connectivity index (χ1v) is 7.43. The fraction of sp³-hybridized carbons (Fsp3) is 0.368. The van der Waals surface area contributed by atoms with Crippen molar-refractivity contribution in [2.75, 3.05) is 14.2 Å². The van der Waals surface area contributed by atoms with Crippen molar-refractivity contribution in [2.24, 2.45) is 0 Å². The monoisotopic (exact) mass is 283 g/mol. The van der Waals surface area contributed by atoms with Crippen molar-refractivity contribution in [3.05, 3.63) is 64.2 Å². The number of rotatable bonds is 5. The van der Waals surface area contributed by atoms with Crippen LogP contribution < -0.4 is 10.1 Å². The van der Waals surface area contributed by atoms with E-state index in [2.05, 4.69) is 62.5 Å². The number of methoxy groups -OCH3 is 1. The number of benzene rings is 2. The number of hydrogen-bond acceptors (Lipinski definition) is 2. The number of aryl methyl sites for hydroxylation is 3. The zero-order valence-corrected chi connectivity index (χ0v) is 13.7. The van der Waals surface area contributed by atoms with Crippen LogP contribution in [-0.2, 0) is 6.42 Å². The normalized spacial score (nSPS) is 12.2. The molecule has 1 atom stereocenters. The summed E-state index contributed by atoms with van der Waals surface area (Å²) in [5, 5.41) is 3.44. The van der Waals surface area contributed by atoms with Crippen molar-refractivity contribution in [1.29, 1.82) is 0 Å². The highest BCUT2D eigenvalue weighted by molar-refractivity contribution is 5.42. The van der Waals surface area contributed by atoms with Crippen LogP contribution >= 0.6 is 0 Å². The molecule has 2 nitrogen and oxygen atoms in total. The Morgan fingerprint density at radius 1 is 1.05 bits per heavy atom. The van der Waals surface area contributed by atoms with E-state index >= 15 is 0 Å². The Kier molecular flexibility index (Phi) is 5.03. The van der Waals surface area contributed by atoms with Crippen LogP contribution in [0.5, 0.6) is 5.75 Å². The number of ether oxygens (including phenoxy) is 1. The van der Waals surface area contributed by atoms with E-state index in [1.54, 1.807) is 7.11 Å². The quantitative estimate of drug-likeness (QED) is 0.891. The Hall–Kier alpha value is -1.80. The smallest absolute Gasteiger partial charge is 0.123 e. The summed E-state index contributed by atoms with van der Waals surface area (Å²) in [6.45, 7) is 6.45. The minimum absolute atomic E-state index is 0.250. The standard InChI is InChI=1S/C19H25NO/c1-13-9-10-16(19(11-13)21-5)18(20-4)12-17-14(2)7-6-8-15(17)3/h6-11,18,20H,12H2,1-5H3. The van der Waals surface area contributed by atoms with Crippen molar-refractivity contribution >= 4 is 0 Å². The third-order valence-electron chi connectivity index (χ3n) is 4.17. The Labute approximate surface area is 128 Å². The molecular weight excluding hydrogens is 258 g/mol. The summed E-state index contributed by atoms with van der Waals surface area (Å²) in [5.74, 6) is 0.959. The maximum Gasteiger partial charge on any atom is 0.123 e. The van der Waals surface area contributed by atoms with Gasteiger partial charge in [0.15, 0.2) is 0 Å². The van der Waals surface area contributed by atoms with Gasteiger partial charge in [-0.3, -0.25) is 0 Å². The van der Waals surface area contributed by atoms with E-state index in [0.717, 1.165) is 12.2 Å². The second kappa shape index (κ2) is 6.77. The molecule has 2 heteroatoms. The van der Waals surface area contributed by atoms with E-state index in [1.165, 1.54) is 27.8 Å². The molecule has 2 aromatic carbocycles. The van der Waals surface area contributed by atoms with Gasteiger partial charge >= 0.3 is 0 Å². The highest BCUT2D eigenvalue weighted by atomic mass is 16.5. The largest absolute Gasteiger partial charge is 0.496 e. The van der Waals surface area contributed by atoms with Crippen molar-refractivity contribution in [3.63, 3.8) is 0 Å². The van der Waals surface area contributed by atoms with E-state index in [4.69, 9.17) is 4.74 Å². The highest BCUT2D eigenvalue weighted by Gasteiger charge is 2.17. The summed E-state index contributed by atoms with van der Waals surface area (Å²) in [5.41, 5.74) is 6.55. The molecule has 0 fully saturated rings. The van der Waals surface area contributed by atoms with Gasteiger partial charge in [0.1, 0.15) is 5.75 Å². The van der Waals surface area contributed by atoms with Gasteiger partial charge in [-0.25, -0.2) is 0 Å². The molecule has 0 amide bonds. The highest BCUT2D eigenvalue weighted by Crippen LogP contribution is 2.30. The molecule has 2 rings (SSSR count). The fourth-order valence-corrected chi connectivity index (χ4v) is 2.85. The van der Waals surface area contributed by atoms with E-state index in [1.807, 2.05) is 7.05 Å². The summed E-state index contributed by atoms with van der Waals surface area (Å²) in [7, 11) is 3.75. The van der Waals surface area contributed by atoms with Crippen LogP contribution in [0.2, 0.25) is 0 Å². The van der Waals surface area contributed by atoms with Crippen LogP contribution in [0.15, 0.2) is 36.4 Å². The van der Waals surface area contributed by atoms with Crippen LogP contribution in [0.4, 0.5) is 0 Å². The Bertz CT molecular complexity index is 599. The van der Waals surface area contributed by atoms with Gasteiger partial charge in [-0.2, -0.15) is 0 Å². The zero-order valence-electron chi connectivity index (χ0n) is 13.7. The molecule has 0 saturated heterocycles. The molecule has 0 heterocycles. The van der Waals surface area contributed by atoms with Crippen molar-refractivity contribution in [2.45, 2.75) is 33.2 Å². The number of hydrogen-bond donors (Lipinski definition) is 1. The molecule has 112 valence electrons. The van der Waals surface area contributed by atoms with Crippen LogP contribution in [-0.4, -0.2) is 14.2 Å². The maximum atomic E-state index is 5.57. The van der Waals surface area contributed by atoms with Gasteiger partial charge in [-0.15, -0.1) is 0 Å². The maximum absolute atomic E-state index is 5.57. The minimum atomic E-state index is 0.250. The summed E-state index contributed by atoms with van der Waals surface area (Å²) >= 11 is 0. The first kappa shape index (κ1) is 15.6. The van der Waals surface area contributed by atoms with E-state index in [9.17, 15) is 0 Å². The summed E-state index contributed by atoms with van der Waals surface area (Å²) in [6, 6.07) is 13.2. The lowest BCUT2D eigenvalue weighted by atomic mass is 9.92. The molecule has 0 aliphatic rings. The molecule has 1 unspecified atom stereocenters. The molecule has 1 N–H and O–H groups in total. The average Bonchev–Trinajstić information content (AvgIpc) is 2.47. The number of nitrogens with one attached hydrogen (secondary N) is 1. The Balaban J connectivity index is 2.37. The lowest BCUT2D eigenvalue weighted by molar-refractivity contribution is 0.401. The molecule has 0 aromatic heterocycles. The minimum Gasteiger partial charge on any atom is -0.496 e. The van der Waals surface area contributed by atoms with Crippen LogP contribution in [0.1, 0.15) is 33.9 Å². The van der Waals surface area contributed by atoms with E-state index in [-0.39, 0.29) is 6.04 Å². The lowest BCUT2D eigenvalue weighted by Crippen LogP contribution is -2.20. The summed E-state index contributed by atoms with van der Waals surface area (Å²) in [6.07, 6.45) is 0.967. The van der Waals surface area contributed by atoms with Gasteiger partial charge in [-0.1, -0.05) is 30.3 Å². The lowest BCUT2D eigenvalue weighted by Gasteiger charge is -2.22. The van der Waals surface area contributed by atoms with Gasteiger partial charge in [-0.05, 0) is 62.6 Å². The molecule has 21 heavy (non-hydrogen) atoms. The number of likely N-dealkylation sites (N-methyl/N-ethyl adjacent to an activating group) is 1. The van der Waals surface area contributed by atoms with E-state index in [0.29, 0.717) is 0 Å². The third kappa shape index (κ3) is 3.45. The Morgan fingerprint density at radius 3 is 2.29 bits per heavy atom. The molecule has 0 radical (unpaired) electrons. The first-order chi connectivity index (χ1) is 10.1. The predicted molar refractivity (Wildman–Crippen MR) is 89.2 cm³/mol. The first-order valence-electron chi connectivity index (χ1n) is 7.43. The topological polar surface area (TPSA) is 21.3 Å². The molecule has 0 aliphatic heterocycles. The second-order valence-electron chi connectivity index (χ2n) is 5.66. The van der Waals surface area contributed by atoms with Crippen molar-refractivity contribution < 1.29 is 4.74 Å². The van der Waals surface area contributed by atoms with Crippen LogP contribution in [0.3, 0.4) is 0 Å². The molecular formula is C19H25NO. The molecule has 0 aliphatic carbocycles. The molecule has 0 spiro atoms. The van der Waals surface area contributed by atoms with Gasteiger partial charge < -0.3 is 10.1 Å². The zero-order chi connectivity index (χ0) is 15.4. The molecule has 0 saturated carbocycles. The van der Waals surface area contributed by atoms with Crippen molar-refractivity contribution in [3.8, 4) is 5.75 Å². The molecule has 0 bridgehead atoms. The molecule has 2 aromatic rings. The second-order valence-corrected chi connectivity index (χ2v) is 5.66. The van der Waals surface area contributed by atoms with Gasteiger partial charge in [0, 0.05) is 11.6 Å². The van der Waals surface area contributed by atoms with Crippen LogP contribution in [0.25, 0.3) is 0 Å². The van der Waals surface area contributed by atoms with Crippen LogP contribution in [0, 0.1) is 20.8 Å². The van der Waals surface area contributed by atoms with Gasteiger partial charge in [0.05, 0.1) is 7.11 Å². The fourth-order valence-electron chi connectivity index (χ4n) is 2.85. The van der Waals surface area contributed by atoms with E-state index < -0.39 is 0 Å².